The molecule has 2 fully saturated rings. The zero-order chi connectivity index (χ0) is 22.3. The van der Waals surface area contributed by atoms with Gasteiger partial charge in [0.05, 0.1) is 5.69 Å². The maximum Gasteiger partial charge on any atom is 0.252 e. The van der Waals surface area contributed by atoms with Gasteiger partial charge in [-0.3, -0.25) is 9.59 Å². The molecule has 166 valence electrons. The van der Waals surface area contributed by atoms with E-state index < -0.39 is 12.1 Å². The lowest BCUT2D eigenvalue weighted by atomic mass is 9.88. The van der Waals surface area contributed by atoms with Crippen molar-refractivity contribution in [3.63, 3.8) is 0 Å². The number of nitrogens with zero attached hydrogens (tertiary/aromatic N) is 5. The summed E-state index contributed by atoms with van der Waals surface area (Å²) in [4.78, 5) is 27.6. The number of tetrazole rings is 1. The molecule has 2 aromatic rings. The summed E-state index contributed by atoms with van der Waals surface area (Å²) in [5.41, 5.74) is 1.27. The van der Waals surface area contributed by atoms with Crippen LogP contribution in [-0.4, -0.2) is 60.2 Å². The van der Waals surface area contributed by atoms with E-state index in [1.807, 2.05) is 20.8 Å². The number of aliphatic hydroxyl groups is 1. The second-order valence-electron chi connectivity index (χ2n) is 9.59. The number of carbonyl (C=O) groups is 2. The number of piperidine rings is 1. The molecule has 4 atom stereocenters. The van der Waals surface area contributed by atoms with Crippen LogP contribution in [0.15, 0.2) is 24.5 Å². The molecular weight excluding hydrogens is 420 g/mol. The minimum atomic E-state index is -1.10. The fourth-order valence-corrected chi connectivity index (χ4v) is 4.53. The number of nitrogens with one attached hydrogen (secondary N) is 1. The Morgan fingerprint density at radius 3 is 2.77 bits per heavy atom. The molecule has 0 bridgehead atoms. The maximum absolute atomic E-state index is 13.0. The smallest absolute Gasteiger partial charge is 0.252 e. The van der Waals surface area contributed by atoms with Crippen molar-refractivity contribution in [2.75, 3.05) is 0 Å². The zero-order valence-electron chi connectivity index (χ0n) is 17.8. The summed E-state index contributed by atoms with van der Waals surface area (Å²) in [6.45, 7) is 6.15. The summed E-state index contributed by atoms with van der Waals surface area (Å²) >= 11 is 6.14. The third-order valence-corrected chi connectivity index (χ3v) is 6.08. The molecule has 1 aromatic heterocycles. The molecule has 4 rings (SSSR count). The monoisotopic (exact) mass is 446 g/mol. The molecular formula is C21H27ClN6O3. The van der Waals surface area contributed by atoms with Gasteiger partial charge in [0.25, 0.3) is 5.91 Å². The van der Waals surface area contributed by atoms with E-state index in [0.29, 0.717) is 29.5 Å². The molecule has 2 heterocycles. The number of likely N-dealkylation sites (tertiary alicyclic amines) is 1. The summed E-state index contributed by atoms with van der Waals surface area (Å²) in [7, 11) is 0. The molecule has 0 unspecified atom stereocenters. The SMILES string of the molecule is CC(C)(C)C[C@@H](O)C(=O)N1[C@@H]2C[C@@H]2C[C@H]1C(=O)NCc1cc(Cl)ccc1-n1cnnn1. The van der Waals surface area contributed by atoms with Crippen LogP contribution in [0.2, 0.25) is 5.02 Å². The Balaban J connectivity index is 1.46. The number of hydrogen-bond acceptors (Lipinski definition) is 6. The van der Waals surface area contributed by atoms with Gasteiger partial charge in [0, 0.05) is 17.6 Å². The standard InChI is InChI=1S/C21H27ClN6O3/c1-21(2,3)9-18(29)20(31)28-16-7-12(16)8-17(28)19(30)23-10-13-6-14(22)4-5-15(13)27-11-24-25-26-27/h4-6,11-12,16-18,29H,7-10H2,1-3H3,(H,23,30)/t12-,16-,17+,18-/m1/s1. The van der Waals surface area contributed by atoms with Crippen molar-refractivity contribution in [1.82, 2.24) is 30.4 Å². The van der Waals surface area contributed by atoms with Crippen LogP contribution in [0, 0.1) is 11.3 Å². The molecule has 2 aliphatic rings. The van der Waals surface area contributed by atoms with Crippen molar-refractivity contribution < 1.29 is 14.7 Å². The van der Waals surface area contributed by atoms with E-state index in [1.54, 1.807) is 23.1 Å². The average Bonchev–Trinajstić information content (AvgIpc) is 3.10. The Morgan fingerprint density at radius 2 is 2.10 bits per heavy atom. The third kappa shape index (κ3) is 4.72. The van der Waals surface area contributed by atoms with Crippen LogP contribution in [0.25, 0.3) is 5.69 Å². The van der Waals surface area contributed by atoms with Crippen molar-refractivity contribution in [1.29, 1.82) is 0 Å². The van der Waals surface area contributed by atoms with Gasteiger partial charge in [-0.15, -0.1) is 5.10 Å². The lowest BCUT2D eigenvalue weighted by Crippen LogP contribution is -2.51. The lowest BCUT2D eigenvalue weighted by Gasteiger charge is -2.31. The Hall–Kier alpha value is -2.52. The highest BCUT2D eigenvalue weighted by atomic mass is 35.5. The number of benzene rings is 1. The molecule has 1 saturated carbocycles. The van der Waals surface area contributed by atoms with Crippen LogP contribution in [0.4, 0.5) is 0 Å². The molecule has 0 radical (unpaired) electrons. The predicted molar refractivity (Wildman–Crippen MR) is 113 cm³/mol. The van der Waals surface area contributed by atoms with E-state index in [-0.39, 0.29) is 29.8 Å². The van der Waals surface area contributed by atoms with Crippen LogP contribution in [0.1, 0.15) is 45.6 Å². The summed E-state index contributed by atoms with van der Waals surface area (Å²) in [5, 5.41) is 25.1. The van der Waals surface area contributed by atoms with Gasteiger partial charge in [-0.25, -0.2) is 4.68 Å². The highest BCUT2D eigenvalue weighted by Crippen LogP contribution is 2.48. The van der Waals surface area contributed by atoms with Gasteiger partial charge in [-0.05, 0) is 64.8 Å². The summed E-state index contributed by atoms with van der Waals surface area (Å²) in [5.74, 6) is -0.243. The minimum Gasteiger partial charge on any atom is -0.383 e. The van der Waals surface area contributed by atoms with E-state index in [1.165, 1.54) is 11.0 Å². The fourth-order valence-electron chi connectivity index (χ4n) is 4.34. The maximum atomic E-state index is 13.0. The van der Waals surface area contributed by atoms with E-state index in [2.05, 4.69) is 20.8 Å². The first kappa shape index (κ1) is 21.7. The van der Waals surface area contributed by atoms with Gasteiger partial charge in [-0.2, -0.15) is 0 Å². The topological polar surface area (TPSA) is 113 Å². The van der Waals surface area contributed by atoms with E-state index in [4.69, 9.17) is 11.6 Å². The molecule has 1 saturated heterocycles. The molecule has 1 aliphatic heterocycles. The van der Waals surface area contributed by atoms with E-state index in [9.17, 15) is 14.7 Å². The number of carbonyl (C=O) groups excluding carboxylic acids is 2. The number of hydrogen-bond donors (Lipinski definition) is 2. The molecule has 1 aromatic carbocycles. The van der Waals surface area contributed by atoms with Crippen LogP contribution >= 0.6 is 11.6 Å². The van der Waals surface area contributed by atoms with Crippen molar-refractivity contribution in [3.8, 4) is 5.69 Å². The number of aliphatic hydroxyl groups excluding tert-OH is 1. The Labute approximate surface area is 185 Å². The first-order valence-corrected chi connectivity index (χ1v) is 10.8. The molecule has 31 heavy (non-hydrogen) atoms. The zero-order valence-corrected chi connectivity index (χ0v) is 18.6. The lowest BCUT2D eigenvalue weighted by molar-refractivity contribution is -0.147. The first-order chi connectivity index (χ1) is 14.6. The van der Waals surface area contributed by atoms with Crippen LogP contribution in [0.3, 0.4) is 0 Å². The molecule has 0 spiro atoms. The Morgan fingerprint density at radius 1 is 1.32 bits per heavy atom. The molecule has 10 heteroatoms. The first-order valence-electron chi connectivity index (χ1n) is 10.4. The van der Waals surface area contributed by atoms with Crippen molar-refractivity contribution in [2.45, 2.75) is 64.8 Å². The Bertz CT molecular complexity index is 974. The van der Waals surface area contributed by atoms with Gasteiger partial charge in [0.1, 0.15) is 18.5 Å². The number of amides is 2. The second kappa shape index (κ2) is 8.20. The number of rotatable bonds is 6. The summed E-state index contributed by atoms with van der Waals surface area (Å²) in [6.07, 6.45) is 2.24. The second-order valence-corrected chi connectivity index (χ2v) is 10.0. The van der Waals surface area contributed by atoms with Crippen LogP contribution < -0.4 is 5.32 Å². The normalized spacial score (nSPS) is 23.4. The van der Waals surface area contributed by atoms with Gasteiger partial charge in [-0.1, -0.05) is 32.4 Å². The number of halogens is 1. The number of aromatic nitrogens is 4. The van der Waals surface area contributed by atoms with Crippen molar-refractivity contribution in [2.24, 2.45) is 11.3 Å². The highest BCUT2D eigenvalue weighted by Gasteiger charge is 2.56. The van der Waals surface area contributed by atoms with Crippen LogP contribution in [0.5, 0.6) is 0 Å². The largest absolute Gasteiger partial charge is 0.383 e. The third-order valence-electron chi connectivity index (χ3n) is 5.84. The highest BCUT2D eigenvalue weighted by molar-refractivity contribution is 6.30. The molecule has 9 nitrogen and oxygen atoms in total. The van der Waals surface area contributed by atoms with Crippen molar-refractivity contribution >= 4 is 23.4 Å². The van der Waals surface area contributed by atoms with Crippen LogP contribution in [-0.2, 0) is 16.1 Å². The Kier molecular flexibility index (Phi) is 5.74. The van der Waals surface area contributed by atoms with E-state index in [0.717, 1.165) is 12.0 Å². The average molecular weight is 447 g/mol. The van der Waals surface area contributed by atoms with Gasteiger partial charge < -0.3 is 15.3 Å². The number of fused-ring (bicyclic) bond motifs is 1. The fraction of sp³-hybridized carbons (Fsp3) is 0.571. The van der Waals surface area contributed by atoms with Gasteiger partial charge in [0.2, 0.25) is 5.91 Å². The van der Waals surface area contributed by atoms with Crippen molar-refractivity contribution in [3.05, 3.63) is 35.1 Å². The van der Waals surface area contributed by atoms with Gasteiger partial charge in [0.15, 0.2) is 0 Å². The molecule has 2 amide bonds. The summed E-state index contributed by atoms with van der Waals surface area (Å²) < 4.78 is 1.50. The quantitative estimate of drug-likeness (QED) is 0.698. The van der Waals surface area contributed by atoms with E-state index >= 15 is 0 Å². The molecule has 2 N–H and O–H groups in total. The minimum absolute atomic E-state index is 0.0563. The van der Waals surface area contributed by atoms with Gasteiger partial charge >= 0.3 is 0 Å². The summed E-state index contributed by atoms with van der Waals surface area (Å²) in [6, 6.07) is 4.75. The predicted octanol–water partition coefficient (Wildman–Crippen LogP) is 1.72. The molecule has 1 aliphatic carbocycles.